The molecule has 1 aromatic carbocycles. The Labute approximate surface area is 171 Å². The SMILES string of the molecule is Cn1cccc1CNC(=O)c1cnc(CNS(=O)(=O)c2ccc(F)c(Cl)c2)cn1. The van der Waals surface area contributed by atoms with Crippen LogP contribution in [0, 0.1) is 5.82 Å². The van der Waals surface area contributed by atoms with E-state index in [4.69, 9.17) is 11.6 Å². The Bertz CT molecular complexity index is 1130. The smallest absolute Gasteiger partial charge is 0.271 e. The standard InChI is InChI=1S/C18H17ClFN5O3S/c1-25-6-2-3-13(25)10-23-18(26)17-11-21-12(8-22-17)9-24-29(27,28)14-4-5-16(20)15(19)7-14/h2-8,11,24H,9-10H2,1H3,(H,23,26). The molecule has 8 nitrogen and oxygen atoms in total. The summed E-state index contributed by atoms with van der Waals surface area (Å²) >= 11 is 5.62. The van der Waals surface area contributed by atoms with E-state index in [1.165, 1.54) is 12.4 Å². The van der Waals surface area contributed by atoms with E-state index in [1.807, 2.05) is 29.9 Å². The van der Waals surface area contributed by atoms with E-state index in [9.17, 15) is 17.6 Å². The minimum absolute atomic E-state index is 0.108. The van der Waals surface area contributed by atoms with Gasteiger partial charge in [-0.2, -0.15) is 0 Å². The molecular formula is C18H17ClFN5O3S. The van der Waals surface area contributed by atoms with Gasteiger partial charge in [-0.25, -0.2) is 22.5 Å². The lowest BCUT2D eigenvalue weighted by Crippen LogP contribution is -2.26. The fourth-order valence-corrected chi connectivity index (χ4v) is 3.67. The lowest BCUT2D eigenvalue weighted by molar-refractivity contribution is 0.0944. The van der Waals surface area contributed by atoms with Gasteiger partial charge in [0.25, 0.3) is 5.91 Å². The third kappa shape index (κ3) is 5.17. The van der Waals surface area contributed by atoms with Gasteiger partial charge < -0.3 is 9.88 Å². The third-order valence-corrected chi connectivity index (χ3v) is 5.75. The van der Waals surface area contributed by atoms with Crippen molar-refractivity contribution in [3.05, 3.63) is 76.8 Å². The lowest BCUT2D eigenvalue weighted by atomic mass is 10.3. The van der Waals surface area contributed by atoms with Gasteiger partial charge in [0.15, 0.2) is 0 Å². The molecule has 11 heteroatoms. The Hall–Kier alpha value is -2.82. The van der Waals surface area contributed by atoms with Gasteiger partial charge in [0.2, 0.25) is 10.0 Å². The molecule has 0 saturated carbocycles. The Morgan fingerprint density at radius 2 is 2.00 bits per heavy atom. The van der Waals surface area contributed by atoms with Crippen molar-refractivity contribution in [1.82, 2.24) is 24.6 Å². The molecule has 3 rings (SSSR count). The molecule has 1 amide bonds. The van der Waals surface area contributed by atoms with Crippen LogP contribution in [0.1, 0.15) is 21.9 Å². The first kappa shape index (κ1) is 20.9. The summed E-state index contributed by atoms with van der Waals surface area (Å²) in [6, 6.07) is 6.85. The zero-order chi connectivity index (χ0) is 21.0. The van der Waals surface area contributed by atoms with Crippen LogP contribution < -0.4 is 10.0 Å². The summed E-state index contributed by atoms with van der Waals surface area (Å²) in [5, 5.41) is 2.44. The predicted molar refractivity (Wildman–Crippen MR) is 104 cm³/mol. The van der Waals surface area contributed by atoms with Gasteiger partial charge in [0.1, 0.15) is 11.5 Å². The number of hydrogen-bond acceptors (Lipinski definition) is 5. The molecule has 0 aliphatic heterocycles. The van der Waals surface area contributed by atoms with Crippen LogP contribution in [-0.4, -0.2) is 28.9 Å². The number of aryl methyl sites for hydroxylation is 1. The lowest BCUT2D eigenvalue weighted by Gasteiger charge is -2.08. The monoisotopic (exact) mass is 437 g/mol. The highest BCUT2D eigenvalue weighted by Gasteiger charge is 2.16. The molecule has 29 heavy (non-hydrogen) atoms. The highest BCUT2D eigenvalue weighted by molar-refractivity contribution is 7.89. The Kier molecular flexibility index (Phi) is 6.26. The van der Waals surface area contributed by atoms with Crippen molar-refractivity contribution in [2.45, 2.75) is 18.0 Å². The highest BCUT2D eigenvalue weighted by Crippen LogP contribution is 2.19. The maximum atomic E-state index is 13.2. The van der Waals surface area contributed by atoms with Crippen molar-refractivity contribution in [2.75, 3.05) is 0 Å². The fraction of sp³-hybridized carbons (Fsp3) is 0.167. The summed E-state index contributed by atoms with van der Waals surface area (Å²) in [6.07, 6.45) is 4.44. The summed E-state index contributed by atoms with van der Waals surface area (Å²) in [4.78, 5) is 20.0. The van der Waals surface area contributed by atoms with E-state index >= 15 is 0 Å². The number of hydrogen-bond donors (Lipinski definition) is 2. The van der Waals surface area contributed by atoms with Crippen LogP contribution in [0.4, 0.5) is 4.39 Å². The van der Waals surface area contributed by atoms with Crippen molar-refractivity contribution < 1.29 is 17.6 Å². The van der Waals surface area contributed by atoms with Gasteiger partial charge in [-0.15, -0.1) is 0 Å². The number of rotatable bonds is 7. The van der Waals surface area contributed by atoms with E-state index in [1.54, 1.807) is 0 Å². The number of amides is 1. The largest absolute Gasteiger partial charge is 0.353 e. The second-order valence-electron chi connectivity index (χ2n) is 6.09. The molecule has 0 fully saturated rings. The zero-order valence-corrected chi connectivity index (χ0v) is 16.8. The summed E-state index contributed by atoms with van der Waals surface area (Å²) in [7, 11) is -2.04. The average Bonchev–Trinajstić information content (AvgIpc) is 3.12. The van der Waals surface area contributed by atoms with Crippen LogP contribution in [0.3, 0.4) is 0 Å². The normalized spacial score (nSPS) is 11.4. The van der Waals surface area contributed by atoms with E-state index < -0.39 is 21.7 Å². The quantitative estimate of drug-likeness (QED) is 0.588. The third-order valence-electron chi connectivity index (χ3n) is 4.06. The Morgan fingerprint density at radius 1 is 1.21 bits per heavy atom. The highest BCUT2D eigenvalue weighted by atomic mass is 35.5. The molecule has 2 heterocycles. The minimum Gasteiger partial charge on any atom is -0.353 e. The van der Waals surface area contributed by atoms with Gasteiger partial charge in [-0.3, -0.25) is 9.78 Å². The van der Waals surface area contributed by atoms with Crippen LogP contribution in [0.25, 0.3) is 0 Å². The van der Waals surface area contributed by atoms with Crippen LogP contribution >= 0.6 is 11.6 Å². The van der Waals surface area contributed by atoms with Crippen molar-refractivity contribution in [1.29, 1.82) is 0 Å². The van der Waals surface area contributed by atoms with Gasteiger partial charge in [0, 0.05) is 18.9 Å². The minimum atomic E-state index is -3.91. The van der Waals surface area contributed by atoms with Crippen LogP contribution in [0.2, 0.25) is 5.02 Å². The molecular weight excluding hydrogens is 421 g/mol. The Balaban J connectivity index is 1.59. The number of nitrogens with zero attached hydrogens (tertiary/aromatic N) is 3. The fourth-order valence-electron chi connectivity index (χ4n) is 2.40. The molecule has 2 aromatic heterocycles. The summed E-state index contributed by atoms with van der Waals surface area (Å²) in [6.45, 7) is 0.182. The number of halogens is 2. The number of sulfonamides is 1. The Morgan fingerprint density at radius 3 is 2.62 bits per heavy atom. The number of nitrogens with one attached hydrogen (secondary N) is 2. The molecule has 3 aromatic rings. The first-order valence-corrected chi connectivity index (χ1v) is 10.3. The van der Waals surface area contributed by atoms with E-state index in [2.05, 4.69) is 20.0 Å². The molecule has 0 aliphatic rings. The van der Waals surface area contributed by atoms with Crippen molar-refractivity contribution in [2.24, 2.45) is 7.05 Å². The zero-order valence-electron chi connectivity index (χ0n) is 15.3. The maximum absolute atomic E-state index is 13.2. The van der Waals surface area contributed by atoms with Gasteiger partial charge in [0.05, 0.1) is 41.1 Å². The number of aromatic nitrogens is 3. The molecule has 0 aliphatic carbocycles. The van der Waals surface area contributed by atoms with Crippen molar-refractivity contribution >= 4 is 27.5 Å². The summed E-state index contributed by atoms with van der Waals surface area (Å²) in [5.41, 5.74) is 1.34. The van der Waals surface area contributed by atoms with Gasteiger partial charge in [-0.05, 0) is 30.3 Å². The summed E-state index contributed by atoms with van der Waals surface area (Å²) < 4.78 is 41.9. The van der Waals surface area contributed by atoms with Crippen LogP contribution in [0.15, 0.2) is 53.8 Å². The molecule has 0 radical (unpaired) electrons. The van der Waals surface area contributed by atoms with E-state index in [-0.39, 0.29) is 22.2 Å². The summed E-state index contributed by atoms with van der Waals surface area (Å²) in [5.74, 6) is -1.11. The number of carbonyl (C=O) groups excluding carboxylic acids is 1. The second-order valence-corrected chi connectivity index (χ2v) is 8.26. The van der Waals surface area contributed by atoms with Crippen LogP contribution in [-0.2, 0) is 30.2 Å². The van der Waals surface area contributed by atoms with Crippen molar-refractivity contribution in [3.8, 4) is 0 Å². The van der Waals surface area contributed by atoms with Gasteiger partial charge in [-0.1, -0.05) is 11.6 Å². The number of benzene rings is 1. The van der Waals surface area contributed by atoms with E-state index in [0.717, 1.165) is 23.9 Å². The van der Waals surface area contributed by atoms with Gasteiger partial charge >= 0.3 is 0 Å². The maximum Gasteiger partial charge on any atom is 0.271 e. The van der Waals surface area contributed by atoms with Crippen LogP contribution in [0.5, 0.6) is 0 Å². The molecule has 0 saturated heterocycles. The first-order valence-electron chi connectivity index (χ1n) is 8.40. The molecule has 152 valence electrons. The van der Waals surface area contributed by atoms with E-state index in [0.29, 0.717) is 12.2 Å². The predicted octanol–water partition coefficient (Wildman–Crippen LogP) is 2.02. The van der Waals surface area contributed by atoms with Crippen molar-refractivity contribution in [3.63, 3.8) is 0 Å². The molecule has 0 spiro atoms. The molecule has 2 N–H and O–H groups in total. The molecule has 0 atom stereocenters. The average molecular weight is 438 g/mol. The first-order chi connectivity index (χ1) is 13.8. The second kappa shape index (κ2) is 8.68. The molecule has 0 unspecified atom stereocenters. The number of carbonyl (C=O) groups is 1. The topological polar surface area (TPSA) is 106 Å². The molecule has 0 bridgehead atoms.